The van der Waals surface area contributed by atoms with Crippen molar-refractivity contribution in [2.75, 3.05) is 7.11 Å². The molecule has 0 aliphatic carbocycles. The van der Waals surface area contributed by atoms with Gasteiger partial charge >= 0.3 is 5.92 Å². The Hall–Kier alpha value is -2.24. The van der Waals surface area contributed by atoms with Gasteiger partial charge in [-0.2, -0.15) is 0 Å². The van der Waals surface area contributed by atoms with E-state index < -0.39 is 18.1 Å². The zero-order valence-corrected chi connectivity index (χ0v) is 15.0. The average Bonchev–Trinajstić information content (AvgIpc) is 2.62. The molecule has 0 heterocycles. The highest BCUT2D eigenvalue weighted by Gasteiger charge is 2.48. The van der Waals surface area contributed by atoms with Crippen molar-refractivity contribution < 1.29 is 23.4 Å². The minimum Gasteiger partial charge on any atom is -0.497 e. The molecular weight excluding hydrogens is 338 g/mol. The van der Waals surface area contributed by atoms with Gasteiger partial charge in [-0.15, -0.1) is 6.58 Å². The van der Waals surface area contributed by atoms with Crippen LogP contribution in [0.5, 0.6) is 5.75 Å². The molecule has 140 valence electrons. The van der Waals surface area contributed by atoms with Crippen LogP contribution in [0.25, 0.3) is 0 Å². The summed E-state index contributed by atoms with van der Waals surface area (Å²) in [6.07, 6.45) is -3.68. The third-order valence-electron chi connectivity index (χ3n) is 4.01. The number of ether oxygens (including phenoxy) is 2. The summed E-state index contributed by atoms with van der Waals surface area (Å²) in [7, 11) is 1.50. The Morgan fingerprint density at radius 2 is 1.73 bits per heavy atom. The molecule has 2 aromatic rings. The van der Waals surface area contributed by atoms with Crippen LogP contribution in [0.15, 0.2) is 66.7 Å². The second-order valence-corrected chi connectivity index (χ2v) is 6.30. The molecule has 0 aromatic heterocycles. The zero-order valence-electron chi connectivity index (χ0n) is 15.0. The van der Waals surface area contributed by atoms with Crippen molar-refractivity contribution in [3.05, 3.63) is 77.9 Å². The van der Waals surface area contributed by atoms with Gasteiger partial charge in [0.25, 0.3) is 0 Å². The van der Waals surface area contributed by atoms with E-state index in [0.717, 1.165) is 5.56 Å². The molecule has 1 N–H and O–H groups in total. The Bertz CT molecular complexity index is 699. The molecule has 2 rings (SSSR count). The summed E-state index contributed by atoms with van der Waals surface area (Å²) in [5.41, 5.74) is 1.53. The number of aliphatic hydroxyl groups excluding tert-OH is 1. The van der Waals surface area contributed by atoms with Crippen LogP contribution < -0.4 is 4.74 Å². The highest BCUT2D eigenvalue weighted by Crippen LogP contribution is 2.40. The highest BCUT2D eigenvalue weighted by atomic mass is 19.3. The van der Waals surface area contributed by atoms with E-state index in [1.165, 1.54) is 19.2 Å². The lowest BCUT2D eigenvalue weighted by atomic mass is 9.95. The molecule has 5 heteroatoms. The molecule has 0 amide bonds. The van der Waals surface area contributed by atoms with Gasteiger partial charge in [-0.3, -0.25) is 0 Å². The van der Waals surface area contributed by atoms with Gasteiger partial charge in [-0.05, 0) is 36.6 Å². The van der Waals surface area contributed by atoms with Crippen LogP contribution >= 0.6 is 0 Å². The minimum atomic E-state index is -3.48. The van der Waals surface area contributed by atoms with Crippen molar-refractivity contribution in [1.29, 1.82) is 0 Å². The molecule has 0 unspecified atom stereocenters. The standard InChI is InChI=1S/C21H24F2O3/c1-15(2)13-19(24)21(22,23)20(17-9-11-18(25-3)12-10-17)26-14-16-7-5-4-6-8-16/h4-12,19-20,24H,1,13-14H2,2-3H3/t19-,20-/m1/s1. The van der Waals surface area contributed by atoms with E-state index in [4.69, 9.17) is 9.47 Å². The number of halogens is 2. The van der Waals surface area contributed by atoms with Crippen LogP contribution in [0.3, 0.4) is 0 Å². The molecule has 0 aliphatic heterocycles. The molecule has 3 nitrogen and oxygen atoms in total. The second kappa shape index (κ2) is 8.92. The smallest absolute Gasteiger partial charge is 0.303 e. The van der Waals surface area contributed by atoms with Gasteiger partial charge in [0, 0.05) is 0 Å². The van der Waals surface area contributed by atoms with Crippen molar-refractivity contribution in [1.82, 2.24) is 0 Å². The first-order valence-corrected chi connectivity index (χ1v) is 8.34. The van der Waals surface area contributed by atoms with Crippen LogP contribution in [-0.4, -0.2) is 24.2 Å². The van der Waals surface area contributed by atoms with E-state index in [2.05, 4.69) is 6.58 Å². The van der Waals surface area contributed by atoms with Crippen molar-refractivity contribution in [2.45, 2.75) is 38.1 Å². The maximum atomic E-state index is 15.0. The zero-order chi connectivity index (χ0) is 19.2. The largest absolute Gasteiger partial charge is 0.497 e. The fourth-order valence-electron chi connectivity index (χ4n) is 2.60. The van der Waals surface area contributed by atoms with E-state index in [1.54, 1.807) is 31.2 Å². The van der Waals surface area contributed by atoms with Gasteiger partial charge in [0.1, 0.15) is 18.0 Å². The van der Waals surface area contributed by atoms with Crippen LogP contribution in [0.4, 0.5) is 8.78 Å². The first kappa shape index (κ1) is 20.1. The van der Waals surface area contributed by atoms with E-state index in [1.807, 2.05) is 18.2 Å². The lowest BCUT2D eigenvalue weighted by molar-refractivity contribution is -0.200. The Morgan fingerprint density at radius 3 is 2.27 bits per heavy atom. The fourth-order valence-corrected chi connectivity index (χ4v) is 2.60. The maximum absolute atomic E-state index is 15.0. The van der Waals surface area contributed by atoms with Crippen LogP contribution in [0, 0.1) is 0 Å². The lowest BCUT2D eigenvalue weighted by Gasteiger charge is -2.31. The molecule has 0 bridgehead atoms. The summed E-state index contributed by atoms with van der Waals surface area (Å²) in [4.78, 5) is 0. The summed E-state index contributed by atoms with van der Waals surface area (Å²) in [5.74, 6) is -2.93. The van der Waals surface area contributed by atoms with Crippen molar-refractivity contribution in [3.8, 4) is 5.75 Å². The van der Waals surface area contributed by atoms with E-state index in [0.29, 0.717) is 11.3 Å². The highest BCUT2D eigenvalue weighted by molar-refractivity contribution is 5.30. The Balaban J connectivity index is 2.28. The SMILES string of the molecule is C=C(C)C[C@@H](O)C(F)(F)[C@H](OCc1ccccc1)c1ccc(OC)cc1. The first-order chi connectivity index (χ1) is 12.3. The molecule has 26 heavy (non-hydrogen) atoms. The molecule has 0 spiro atoms. The maximum Gasteiger partial charge on any atom is 0.303 e. The van der Waals surface area contributed by atoms with Crippen molar-refractivity contribution in [3.63, 3.8) is 0 Å². The molecule has 0 fully saturated rings. The Kier molecular flexibility index (Phi) is 6.89. The van der Waals surface area contributed by atoms with Gasteiger partial charge in [0.2, 0.25) is 0 Å². The molecule has 0 saturated carbocycles. The quantitative estimate of drug-likeness (QED) is 0.644. The minimum absolute atomic E-state index is 0.00686. The van der Waals surface area contributed by atoms with Gasteiger partial charge < -0.3 is 14.6 Å². The van der Waals surface area contributed by atoms with E-state index >= 15 is 0 Å². The number of hydrogen-bond acceptors (Lipinski definition) is 3. The summed E-state index contributed by atoms with van der Waals surface area (Å²) < 4.78 is 40.6. The number of benzene rings is 2. The first-order valence-electron chi connectivity index (χ1n) is 8.34. The van der Waals surface area contributed by atoms with E-state index in [9.17, 15) is 13.9 Å². The van der Waals surface area contributed by atoms with Gasteiger partial charge in [0.05, 0.1) is 13.7 Å². The normalized spacial score (nSPS) is 13.9. The third kappa shape index (κ3) is 5.13. The predicted molar refractivity (Wildman–Crippen MR) is 97.4 cm³/mol. The molecule has 0 radical (unpaired) electrons. The topological polar surface area (TPSA) is 38.7 Å². The number of methoxy groups -OCH3 is 1. The van der Waals surface area contributed by atoms with Crippen molar-refractivity contribution >= 4 is 0 Å². The summed E-state index contributed by atoms with van der Waals surface area (Å²) >= 11 is 0. The Labute approximate surface area is 152 Å². The molecule has 0 saturated heterocycles. The van der Waals surface area contributed by atoms with Gasteiger partial charge in [-0.25, -0.2) is 8.78 Å². The number of hydrogen-bond donors (Lipinski definition) is 1. The monoisotopic (exact) mass is 362 g/mol. The molecule has 2 atom stereocenters. The third-order valence-corrected chi connectivity index (χ3v) is 4.01. The van der Waals surface area contributed by atoms with Crippen LogP contribution in [0.2, 0.25) is 0 Å². The summed E-state index contributed by atoms with van der Waals surface area (Å²) in [6.45, 7) is 5.22. The summed E-state index contributed by atoms with van der Waals surface area (Å²) in [6, 6.07) is 15.3. The number of alkyl halides is 2. The number of aliphatic hydroxyl groups is 1. The number of rotatable bonds is 9. The fraction of sp³-hybridized carbons (Fsp3) is 0.333. The predicted octanol–water partition coefficient (Wildman–Crippen LogP) is 4.92. The molecule has 2 aromatic carbocycles. The van der Waals surface area contributed by atoms with Gasteiger partial charge in [-0.1, -0.05) is 48.0 Å². The van der Waals surface area contributed by atoms with Crippen LogP contribution in [-0.2, 0) is 11.3 Å². The average molecular weight is 362 g/mol. The Morgan fingerprint density at radius 1 is 1.12 bits per heavy atom. The lowest BCUT2D eigenvalue weighted by Crippen LogP contribution is -2.41. The van der Waals surface area contributed by atoms with Crippen LogP contribution in [0.1, 0.15) is 30.6 Å². The van der Waals surface area contributed by atoms with E-state index in [-0.39, 0.29) is 18.6 Å². The molecule has 0 aliphatic rings. The summed E-state index contributed by atoms with van der Waals surface area (Å²) in [5, 5.41) is 10.1. The second-order valence-electron chi connectivity index (χ2n) is 6.30. The van der Waals surface area contributed by atoms with Gasteiger partial charge in [0.15, 0.2) is 0 Å². The molecular formula is C21H24F2O3. The van der Waals surface area contributed by atoms with Crippen molar-refractivity contribution in [2.24, 2.45) is 0 Å².